The van der Waals surface area contributed by atoms with Crippen LogP contribution in [0.2, 0.25) is 5.02 Å². The summed E-state index contributed by atoms with van der Waals surface area (Å²) in [6.45, 7) is 8.38. The van der Waals surface area contributed by atoms with Crippen LogP contribution in [-0.2, 0) is 26.2 Å². The van der Waals surface area contributed by atoms with Crippen molar-refractivity contribution in [1.29, 1.82) is 0 Å². The quantitative estimate of drug-likeness (QED) is 0.447. The van der Waals surface area contributed by atoms with Crippen LogP contribution in [0, 0.1) is 13.8 Å². The molecule has 0 aliphatic carbocycles. The number of nitrogens with one attached hydrogen (secondary N) is 1. The molecule has 0 saturated heterocycles. The normalized spacial score (nSPS) is 12.2. The molecule has 1 atom stereocenters. The first-order valence-corrected chi connectivity index (χ1v) is 14.1. The summed E-state index contributed by atoms with van der Waals surface area (Å²) in [7, 11) is -3.59. The molecule has 0 spiro atoms. The van der Waals surface area contributed by atoms with E-state index in [0.717, 1.165) is 17.4 Å². The van der Waals surface area contributed by atoms with Gasteiger partial charge in [0.15, 0.2) is 0 Å². The Hall–Kier alpha value is -2.58. The zero-order valence-electron chi connectivity index (χ0n) is 21.2. The molecule has 2 rings (SSSR count). The fourth-order valence-corrected chi connectivity index (χ4v) is 5.22. The van der Waals surface area contributed by atoms with Gasteiger partial charge in [-0.15, -0.1) is 0 Å². The van der Waals surface area contributed by atoms with Crippen LogP contribution in [0.4, 0.5) is 5.69 Å². The second-order valence-corrected chi connectivity index (χ2v) is 10.9. The summed E-state index contributed by atoms with van der Waals surface area (Å²) in [5, 5.41) is 3.30. The van der Waals surface area contributed by atoms with Crippen molar-refractivity contribution in [1.82, 2.24) is 10.2 Å². The molecule has 0 fully saturated rings. The highest BCUT2D eigenvalue weighted by Crippen LogP contribution is 2.28. The fraction of sp³-hybridized carbons (Fsp3) is 0.462. The van der Waals surface area contributed by atoms with Gasteiger partial charge in [-0.3, -0.25) is 13.9 Å². The van der Waals surface area contributed by atoms with Crippen molar-refractivity contribution >= 4 is 39.1 Å². The van der Waals surface area contributed by atoms with Crippen molar-refractivity contribution in [2.24, 2.45) is 0 Å². The number of benzene rings is 2. The second kappa shape index (κ2) is 12.9. The molecular formula is C26H36ClN3O4S. The minimum Gasteiger partial charge on any atom is -0.355 e. The van der Waals surface area contributed by atoms with Gasteiger partial charge in [0.2, 0.25) is 21.8 Å². The molecule has 0 aromatic heterocycles. The predicted molar refractivity (Wildman–Crippen MR) is 142 cm³/mol. The smallest absolute Gasteiger partial charge is 0.242 e. The lowest BCUT2D eigenvalue weighted by Crippen LogP contribution is -2.49. The van der Waals surface area contributed by atoms with Crippen molar-refractivity contribution in [3.05, 3.63) is 64.2 Å². The average molecular weight is 522 g/mol. The molecule has 0 unspecified atom stereocenters. The number of sulfonamides is 1. The molecule has 0 bridgehead atoms. The maximum Gasteiger partial charge on any atom is 0.242 e. The molecule has 0 radical (unpaired) electrons. The van der Waals surface area contributed by atoms with Gasteiger partial charge in [0, 0.05) is 31.1 Å². The Morgan fingerprint density at radius 1 is 1.06 bits per heavy atom. The van der Waals surface area contributed by atoms with Crippen LogP contribution in [0.15, 0.2) is 42.5 Å². The van der Waals surface area contributed by atoms with E-state index in [4.69, 9.17) is 11.6 Å². The Morgan fingerprint density at radius 2 is 1.74 bits per heavy atom. The van der Waals surface area contributed by atoms with Crippen molar-refractivity contribution in [2.45, 2.75) is 59.5 Å². The number of rotatable bonds is 12. The van der Waals surface area contributed by atoms with Crippen LogP contribution in [0.5, 0.6) is 0 Å². The lowest BCUT2D eigenvalue weighted by Gasteiger charge is -2.31. The van der Waals surface area contributed by atoms with E-state index in [2.05, 4.69) is 5.32 Å². The molecule has 9 heteroatoms. The minimum absolute atomic E-state index is 0.105. The number of amides is 2. The molecule has 0 aliphatic rings. The second-order valence-electron chi connectivity index (χ2n) is 8.59. The van der Waals surface area contributed by atoms with Crippen LogP contribution >= 0.6 is 11.6 Å². The van der Waals surface area contributed by atoms with Crippen molar-refractivity contribution < 1.29 is 18.0 Å². The van der Waals surface area contributed by atoms with Crippen molar-refractivity contribution in [3.8, 4) is 0 Å². The first-order chi connectivity index (χ1) is 16.5. The summed E-state index contributed by atoms with van der Waals surface area (Å²) in [5.41, 5.74) is 3.17. The number of hydrogen-bond donors (Lipinski definition) is 1. The van der Waals surface area contributed by atoms with Gasteiger partial charge >= 0.3 is 0 Å². The topological polar surface area (TPSA) is 86.8 Å². The molecule has 2 aromatic carbocycles. The largest absolute Gasteiger partial charge is 0.355 e. The number of hydrogen-bond acceptors (Lipinski definition) is 4. The third kappa shape index (κ3) is 7.70. The monoisotopic (exact) mass is 521 g/mol. The van der Waals surface area contributed by atoms with Crippen molar-refractivity contribution in [3.63, 3.8) is 0 Å². The Bertz CT molecular complexity index is 1140. The number of aryl methyl sites for hydroxylation is 1. The van der Waals surface area contributed by atoms with Gasteiger partial charge in [-0.1, -0.05) is 48.9 Å². The van der Waals surface area contributed by atoms with E-state index in [1.807, 2.05) is 45.0 Å². The maximum absolute atomic E-state index is 13.4. The molecule has 2 amide bonds. The van der Waals surface area contributed by atoms with Crippen LogP contribution in [0.3, 0.4) is 0 Å². The molecule has 7 nitrogen and oxygen atoms in total. The van der Waals surface area contributed by atoms with E-state index in [0.29, 0.717) is 42.2 Å². The first-order valence-electron chi connectivity index (χ1n) is 11.9. The molecule has 0 aliphatic heterocycles. The zero-order valence-corrected chi connectivity index (χ0v) is 22.7. The Kier molecular flexibility index (Phi) is 10.6. The van der Waals surface area contributed by atoms with Crippen LogP contribution in [0.1, 0.15) is 49.8 Å². The van der Waals surface area contributed by atoms with E-state index in [-0.39, 0.29) is 24.8 Å². The highest BCUT2D eigenvalue weighted by atomic mass is 35.5. The lowest BCUT2D eigenvalue weighted by molar-refractivity contribution is -0.141. The summed E-state index contributed by atoms with van der Waals surface area (Å²) in [6.07, 6.45) is 2.02. The minimum atomic E-state index is -3.59. The van der Waals surface area contributed by atoms with E-state index >= 15 is 0 Å². The highest BCUT2D eigenvalue weighted by molar-refractivity contribution is 7.92. The molecule has 35 heavy (non-hydrogen) atoms. The Labute approximate surface area is 214 Å². The number of nitrogens with zero attached hydrogens (tertiary/aromatic N) is 2. The van der Waals surface area contributed by atoms with Gasteiger partial charge in [-0.2, -0.15) is 0 Å². The summed E-state index contributed by atoms with van der Waals surface area (Å²) in [5.74, 6) is -0.383. The van der Waals surface area contributed by atoms with Crippen LogP contribution < -0.4 is 9.62 Å². The summed E-state index contributed by atoms with van der Waals surface area (Å²) >= 11 is 6.21. The Morgan fingerprint density at radius 3 is 2.34 bits per heavy atom. The molecule has 0 saturated carbocycles. The van der Waals surface area contributed by atoms with Crippen LogP contribution in [0.25, 0.3) is 0 Å². The van der Waals surface area contributed by atoms with Gasteiger partial charge in [0.25, 0.3) is 0 Å². The molecule has 192 valence electrons. The number of anilines is 1. The third-order valence-electron chi connectivity index (χ3n) is 6.00. The average Bonchev–Trinajstić information content (AvgIpc) is 2.79. The Balaban J connectivity index is 2.25. The number of halogens is 1. The lowest BCUT2D eigenvalue weighted by atomic mass is 10.1. The zero-order chi connectivity index (χ0) is 26.2. The van der Waals surface area contributed by atoms with E-state index in [1.54, 1.807) is 30.0 Å². The summed E-state index contributed by atoms with van der Waals surface area (Å²) in [4.78, 5) is 27.8. The highest BCUT2D eigenvalue weighted by Gasteiger charge is 2.29. The van der Waals surface area contributed by atoms with Gasteiger partial charge in [-0.25, -0.2) is 8.42 Å². The first kappa shape index (κ1) is 28.7. The number of carbonyl (C=O) groups is 2. The standard InChI is InChI=1S/C26H36ClN3O4S/c1-6-23(26(32)28-7-2)29(18-21-13-9-8-12-19(21)3)25(31)16-11-17-30(35(5,33)34)24-15-10-14-22(27)20(24)4/h8-10,12-15,23H,6-7,11,16-18H2,1-5H3,(H,28,32)/t23-/m1/s1. The summed E-state index contributed by atoms with van der Waals surface area (Å²) in [6, 6.07) is 12.3. The molecule has 0 heterocycles. The number of carbonyl (C=O) groups excluding carboxylic acids is 2. The van der Waals surface area contributed by atoms with Gasteiger partial charge in [-0.05, 0) is 62.4 Å². The predicted octanol–water partition coefficient (Wildman–Crippen LogP) is 4.45. The summed E-state index contributed by atoms with van der Waals surface area (Å²) < 4.78 is 26.4. The van der Waals surface area contributed by atoms with Crippen LogP contribution in [-0.4, -0.2) is 50.5 Å². The van der Waals surface area contributed by atoms with Crippen molar-refractivity contribution in [2.75, 3.05) is 23.7 Å². The molecule has 1 N–H and O–H groups in total. The SMILES string of the molecule is CCNC(=O)[C@@H](CC)N(Cc1ccccc1C)C(=O)CCCN(c1cccc(Cl)c1C)S(C)(=O)=O. The van der Waals surface area contributed by atoms with Gasteiger partial charge in [0.1, 0.15) is 6.04 Å². The van der Waals surface area contributed by atoms with Gasteiger partial charge in [0.05, 0.1) is 11.9 Å². The van der Waals surface area contributed by atoms with E-state index < -0.39 is 16.1 Å². The van der Waals surface area contributed by atoms with Gasteiger partial charge < -0.3 is 10.2 Å². The molecular weight excluding hydrogens is 486 g/mol. The van der Waals surface area contributed by atoms with E-state index in [1.165, 1.54) is 4.31 Å². The maximum atomic E-state index is 13.4. The third-order valence-corrected chi connectivity index (χ3v) is 7.59. The fourth-order valence-electron chi connectivity index (χ4n) is 4.03. The number of likely N-dealkylation sites (N-methyl/N-ethyl adjacent to an activating group) is 1. The molecule has 2 aromatic rings. The van der Waals surface area contributed by atoms with E-state index in [9.17, 15) is 18.0 Å².